The summed E-state index contributed by atoms with van der Waals surface area (Å²) in [5.41, 5.74) is 2.51. The van der Waals surface area contributed by atoms with Crippen molar-refractivity contribution in [2.24, 2.45) is 0 Å². The van der Waals surface area contributed by atoms with Crippen LogP contribution in [0.25, 0.3) is 0 Å². The number of benzene rings is 2. The molecule has 3 aliphatic rings. The number of hydrogen-bond acceptors (Lipinski definition) is 7. The smallest absolute Gasteiger partial charge is 0.318 e. The van der Waals surface area contributed by atoms with Crippen LogP contribution in [0, 0.1) is 0 Å². The predicted octanol–water partition coefficient (Wildman–Crippen LogP) is 3.21. The van der Waals surface area contributed by atoms with Crippen molar-refractivity contribution in [3.05, 3.63) is 59.9 Å². The number of urea groups is 1. The highest BCUT2D eigenvalue weighted by Gasteiger charge is 2.37. The number of ether oxygens (including phenoxy) is 5. The third kappa shape index (κ3) is 4.51. The van der Waals surface area contributed by atoms with Crippen LogP contribution >= 0.6 is 0 Å². The lowest BCUT2D eigenvalue weighted by atomic mass is 9.99. The molecule has 2 unspecified atom stereocenters. The zero-order valence-corrected chi connectivity index (χ0v) is 22.7. The van der Waals surface area contributed by atoms with Crippen LogP contribution in [0.3, 0.4) is 0 Å². The molecule has 3 aromatic rings. The first-order valence-corrected chi connectivity index (χ1v) is 13.2. The molecule has 4 heterocycles. The highest BCUT2D eigenvalue weighted by Crippen LogP contribution is 2.43. The monoisotopic (exact) mass is 548 g/mol. The van der Waals surface area contributed by atoms with E-state index in [2.05, 4.69) is 9.88 Å². The number of hydrogen-bond donors (Lipinski definition) is 1. The molecule has 2 atom stereocenters. The Morgan fingerprint density at radius 1 is 0.950 bits per heavy atom. The summed E-state index contributed by atoms with van der Waals surface area (Å²) >= 11 is 0. The number of nitrogens with one attached hydrogen (secondary N) is 1. The van der Waals surface area contributed by atoms with Gasteiger partial charge in [0.15, 0.2) is 23.0 Å². The number of rotatable bonds is 6. The van der Waals surface area contributed by atoms with E-state index in [0.717, 1.165) is 16.9 Å². The van der Waals surface area contributed by atoms with E-state index >= 15 is 0 Å². The second-order valence-electron chi connectivity index (χ2n) is 9.86. The van der Waals surface area contributed by atoms with Crippen molar-refractivity contribution in [1.82, 2.24) is 14.8 Å². The van der Waals surface area contributed by atoms with Crippen molar-refractivity contribution in [2.45, 2.75) is 25.0 Å². The molecule has 40 heavy (non-hydrogen) atoms. The molecule has 1 saturated heterocycles. The lowest BCUT2D eigenvalue weighted by Crippen LogP contribution is -2.50. The van der Waals surface area contributed by atoms with Crippen molar-refractivity contribution in [2.75, 3.05) is 52.5 Å². The van der Waals surface area contributed by atoms with Gasteiger partial charge in [0.1, 0.15) is 13.2 Å². The largest absolute Gasteiger partial charge is 0.493 e. The molecule has 2 aromatic carbocycles. The van der Waals surface area contributed by atoms with Gasteiger partial charge in [0, 0.05) is 49.7 Å². The van der Waals surface area contributed by atoms with Crippen LogP contribution < -0.4 is 33.9 Å². The van der Waals surface area contributed by atoms with Crippen LogP contribution in [0.1, 0.15) is 23.7 Å². The first kappa shape index (κ1) is 25.7. The predicted molar refractivity (Wildman–Crippen MR) is 146 cm³/mol. The molecule has 1 fully saturated rings. The maximum Gasteiger partial charge on any atom is 0.318 e. The van der Waals surface area contributed by atoms with Crippen molar-refractivity contribution in [3.8, 4) is 28.7 Å². The number of carbonyl (C=O) groups is 2. The number of anilines is 1. The van der Waals surface area contributed by atoms with Gasteiger partial charge >= 0.3 is 6.03 Å². The molecular formula is C29H32N4O7. The van der Waals surface area contributed by atoms with Crippen LogP contribution in [-0.4, -0.2) is 75.1 Å². The number of fused-ring (bicyclic) bond motifs is 2. The molecule has 3 amide bonds. The Bertz CT molecular complexity index is 1410. The van der Waals surface area contributed by atoms with Crippen LogP contribution in [0.5, 0.6) is 28.7 Å². The van der Waals surface area contributed by atoms with Gasteiger partial charge in [0.2, 0.25) is 11.7 Å². The number of nitrogens with zero attached hydrogens (tertiary/aromatic N) is 3. The summed E-state index contributed by atoms with van der Waals surface area (Å²) in [5.74, 6) is 2.73. The van der Waals surface area contributed by atoms with Gasteiger partial charge in [-0.2, -0.15) is 0 Å². The Morgan fingerprint density at radius 2 is 1.70 bits per heavy atom. The third-order valence-electron chi connectivity index (χ3n) is 7.59. The van der Waals surface area contributed by atoms with Crippen molar-refractivity contribution < 1.29 is 33.3 Å². The first-order chi connectivity index (χ1) is 19.5. The third-order valence-corrected chi connectivity index (χ3v) is 7.59. The molecule has 210 valence electrons. The minimum Gasteiger partial charge on any atom is -0.493 e. The normalized spacial score (nSPS) is 19.7. The lowest BCUT2D eigenvalue weighted by molar-refractivity contribution is -0.117. The van der Waals surface area contributed by atoms with Crippen molar-refractivity contribution in [3.63, 3.8) is 0 Å². The van der Waals surface area contributed by atoms with E-state index in [1.54, 1.807) is 31.1 Å². The topological polar surface area (TPSA) is 104 Å². The summed E-state index contributed by atoms with van der Waals surface area (Å²) in [7, 11) is 4.70. The maximum absolute atomic E-state index is 13.8. The summed E-state index contributed by atoms with van der Waals surface area (Å²) in [4.78, 5) is 30.2. The fourth-order valence-electron chi connectivity index (χ4n) is 5.72. The fraction of sp³-hybridized carbons (Fsp3) is 0.379. The minimum atomic E-state index is -0.400. The molecule has 11 heteroatoms. The molecule has 0 bridgehead atoms. The van der Waals surface area contributed by atoms with Gasteiger partial charge in [-0.1, -0.05) is 0 Å². The van der Waals surface area contributed by atoms with Crippen LogP contribution in [0.4, 0.5) is 10.5 Å². The Labute approximate surface area is 232 Å². The van der Waals surface area contributed by atoms with Gasteiger partial charge in [0.05, 0.1) is 33.4 Å². The van der Waals surface area contributed by atoms with E-state index in [1.165, 1.54) is 0 Å². The maximum atomic E-state index is 13.8. The van der Waals surface area contributed by atoms with Gasteiger partial charge in [0.25, 0.3) is 0 Å². The second-order valence-corrected chi connectivity index (χ2v) is 9.86. The van der Waals surface area contributed by atoms with E-state index in [9.17, 15) is 9.59 Å². The van der Waals surface area contributed by atoms with Gasteiger partial charge in [-0.05, 0) is 42.0 Å². The summed E-state index contributed by atoms with van der Waals surface area (Å²) in [6.07, 6.45) is 2.22. The summed E-state index contributed by atoms with van der Waals surface area (Å²) < 4.78 is 30.1. The molecule has 3 aliphatic heterocycles. The molecule has 0 spiro atoms. The minimum absolute atomic E-state index is 0.0596. The van der Waals surface area contributed by atoms with E-state index in [1.807, 2.05) is 48.7 Å². The van der Waals surface area contributed by atoms with E-state index < -0.39 is 6.04 Å². The van der Waals surface area contributed by atoms with Crippen molar-refractivity contribution in [1.29, 1.82) is 0 Å². The standard InChI is InChI=1S/C29H32N4O7/c1-36-24-13-18(14-25(37-2)28(24)38-3)27-21-5-4-8-31(21)9-10-32(27)29(35)30-19-15-26(34)33(17-19)20-6-7-22-23(16-20)40-12-11-39-22/h4-8,13-14,16,19,27H,9-12,15,17H2,1-3H3,(H,30,35). The van der Waals surface area contributed by atoms with Crippen molar-refractivity contribution >= 4 is 17.6 Å². The fourth-order valence-corrected chi connectivity index (χ4v) is 5.72. The first-order valence-electron chi connectivity index (χ1n) is 13.2. The Morgan fingerprint density at radius 3 is 2.42 bits per heavy atom. The second kappa shape index (κ2) is 10.6. The SMILES string of the molecule is COc1cc(C2c3cccn3CCN2C(=O)NC2CC(=O)N(c3ccc4c(c3)OCCO4)C2)cc(OC)c1OC. The zero-order valence-electron chi connectivity index (χ0n) is 22.7. The molecule has 11 nitrogen and oxygen atoms in total. The molecule has 1 N–H and O–H groups in total. The average molecular weight is 549 g/mol. The van der Waals surface area contributed by atoms with Gasteiger partial charge in [-0.15, -0.1) is 0 Å². The quantitative estimate of drug-likeness (QED) is 0.505. The van der Waals surface area contributed by atoms with Crippen LogP contribution in [-0.2, 0) is 11.3 Å². The molecular weight excluding hydrogens is 516 g/mol. The Balaban J connectivity index is 1.25. The number of aromatic nitrogens is 1. The Hall–Kier alpha value is -4.54. The zero-order chi connectivity index (χ0) is 27.8. The molecule has 6 rings (SSSR count). The van der Waals surface area contributed by atoms with E-state index in [-0.39, 0.29) is 24.4 Å². The van der Waals surface area contributed by atoms with Gasteiger partial charge < -0.3 is 43.4 Å². The van der Waals surface area contributed by atoms with Crippen LogP contribution in [0.15, 0.2) is 48.7 Å². The summed E-state index contributed by atoms with van der Waals surface area (Å²) in [5, 5.41) is 3.12. The molecule has 1 aromatic heterocycles. The number of carbonyl (C=O) groups excluding carboxylic acids is 2. The highest BCUT2D eigenvalue weighted by atomic mass is 16.6. The van der Waals surface area contributed by atoms with Gasteiger partial charge in [-0.3, -0.25) is 4.79 Å². The Kier molecular flexibility index (Phi) is 6.79. The van der Waals surface area contributed by atoms with E-state index in [0.29, 0.717) is 61.6 Å². The summed E-state index contributed by atoms with van der Waals surface area (Å²) in [6, 6.07) is 12.2. The van der Waals surface area contributed by atoms with Crippen LogP contribution in [0.2, 0.25) is 0 Å². The van der Waals surface area contributed by atoms with Gasteiger partial charge in [-0.25, -0.2) is 4.79 Å². The molecule has 0 saturated carbocycles. The van der Waals surface area contributed by atoms with E-state index in [4.69, 9.17) is 23.7 Å². The number of methoxy groups -OCH3 is 3. The lowest BCUT2D eigenvalue weighted by Gasteiger charge is -2.38. The molecule has 0 aliphatic carbocycles. The number of amides is 3. The molecule has 0 radical (unpaired) electrons. The summed E-state index contributed by atoms with van der Waals surface area (Å²) in [6.45, 7) is 2.48. The average Bonchev–Trinajstić information content (AvgIpc) is 3.61. The highest BCUT2D eigenvalue weighted by molar-refractivity contribution is 5.97.